The first-order valence-corrected chi connectivity index (χ1v) is 7.51. The van der Waals surface area contributed by atoms with Gasteiger partial charge in [-0.2, -0.15) is 26.3 Å². The van der Waals surface area contributed by atoms with Crippen molar-refractivity contribution in [2.24, 2.45) is 0 Å². The molecule has 1 fully saturated rings. The molecule has 0 aliphatic carbocycles. The van der Waals surface area contributed by atoms with Crippen LogP contribution in [0.1, 0.15) is 29.2 Å². The third-order valence-corrected chi connectivity index (χ3v) is 4.04. The van der Waals surface area contributed by atoms with E-state index in [2.05, 4.69) is 5.32 Å². The number of alkyl halides is 8. The molecule has 2 nitrogen and oxygen atoms in total. The molecule has 1 aliphatic heterocycles. The molecule has 26 heavy (non-hydrogen) atoms. The van der Waals surface area contributed by atoms with E-state index in [-0.39, 0.29) is 31.6 Å². The molecule has 1 heterocycles. The van der Waals surface area contributed by atoms with Gasteiger partial charge < -0.3 is 5.32 Å². The molecular formula is C15H17ClF8N2. The fourth-order valence-electron chi connectivity index (χ4n) is 2.90. The van der Waals surface area contributed by atoms with Gasteiger partial charge >= 0.3 is 12.4 Å². The van der Waals surface area contributed by atoms with Crippen molar-refractivity contribution in [2.45, 2.75) is 31.2 Å². The van der Waals surface area contributed by atoms with Crippen molar-refractivity contribution < 1.29 is 35.1 Å². The molecule has 1 aromatic carbocycles. The van der Waals surface area contributed by atoms with Crippen molar-refractivity contribution in [3.8, 4) is 0 Å². The van der Waals surface area contributed by atoms with Crippen LogP contribution in [-0.4, -0.2) is 37.5 Å². The van der Waals surface area contributed by atoms with Crippen molar-refractivity contribution in [3.05, 3.63) is 34.9 Å². The maximum Gasteiger partial charge on any atom is 0.416 e. The minimum absolute atomic E-state index is 0. The molecule has 150 valence electrons. The first kappa shape index (κ1) is 22.9. The lowest BCUT2D eigenvalue weighted by Gasteiger charge is -2.36. The average Bonchev–Trinajstić information content (AvgIpc) is 2.51. The van der Waals surface area contributed by atoms with Gasteiger partial charge in [-0.3, -0.25) is 4.90 Å². The van der Waals surface area contributed by atoms with Gasteiger partial charge in [0.25, 0.3) is 0 Å². The number of nitrogens with zero attached hydrogens (tertiary/aromatic N) is 1. The summed E-state index contributed by atoms with van der Waals surface area (Å²) in [5.41, 5.74) is -3.53. The highest BCUT2D eigenvalue weighted by Crippen LogP contribution is 2.41. The third kappa shape index (κ3) is 5.68. The van der Waals surface area contributed by atoms with Gasteiger partial charge in [-0.1, -0.05) is 6.07 Å². The summed E-state index contributed by atoms with van der Waals surface area (Å²) in [6, 6.07) is -0.136. The number of hydrogen-bond acceptors (Lipinski definition) is 2. The maximum atomic E-state index is 13.3. The van der Waals surface area contributed by atoms with E-state index in [0.717, 1.165) is 0 Å². The molecule has 1 aromatic rings. The van der Waals surface area contributed by atoms with Gasteiger partial charge in [0.2, 0.25) is 6.43 Å². The monoisotopic (exact) mass is 412 g/mol. The summed E-state index contributed by atoms with van der Waals surface area (Å²) in [6.07, 6.45) is -13.8. The SMILES string of the molecule is Cl.FC(F)C[C@H](c1ccc(C(F)(F)F)cc1C(F)(F)F)N1CCNCC1. The van der Waals surface area contributed by atoms with Crippen molar-refractivity contribution in [1.82, 2.24) is 10.2 Å². The number of rotatable bonds is 4. The lowest BCUT2D eigenvalue weighted by atomic mass is 9.93. The average molecular weight is 413 g/mol. The standard InChI is InChI=1S/C15H16F8N2.ClH/c16-13(17)8-12(25-5-3-24-4-6-25)10-2-1-9(14(18,19)20)7-11(10)15(21,22)23;/h1-2,7,12-13,24H,3-6,8H2;1H/t12-;/m1./s1. The highest BCUT2D eigenvalue weighted by Gasteiger charge is 2.40. The van der Waals surface area contributed by atoms with Crippen LogP contribution in [0, 0.1) is 0 Å². The van der Waals surface area contributed by atoms with E-state index in [4.69, 9.17) is 0 Å². The van der Waals surface area contributed by atoms with Crippen molar-refractivity contribution in [3.63, 3.8) is 0 Å². The van der Waals surface area contributed by atoms with E-state index < -0.39 is 47.9 Å². The number of benzene rings is 1. The van der Waals surface area contributed by atoms with E-state index >= 15 is 0 Å². The summed E-state index contributed by atoms with van der Waals surface area (Å²) >= 11 is 0. The lowest BCUT2D eigenvalue weighted by Crippen LogP contribution is -2.46. The van der Waals surface area contributed by atoms with Gasteiger partial charge in [-0.15, -0.1) is 12.4 Å². The Morgan fingerprint density at radius 1 is 0.962 bits per heavy atom. The van der Waals surface area contributed by atoms with Crippen LogP contribution in [0.15, 0.2) is 18.2 Å². The molecule has 0 amide bonds. The molecule has 0 bridgehead atoms. The van der Waals surface area contributed by atoms with Crippen LogP contribution in [0.3, 0.4) is 0 Å². The smallest absolute Gasteiger partial charge is 0.314 e. The van der Waals surface area contributed by atoms with E-state index in [9.17, 15) is 35.1 Å². The maximum absolute atomic E-state index is 13.3. The molecule has 11 heteroatoms. The van der Waals surface area contributed by atoms with Crippen LogP contribution in [-0.2, 0) is 12.4 Å². The normalized spacial score (nSPS) is 17.9. The Hall–Kier alpha value is -1.13. The van der Waals surface area contributed by atoms with Gasteiger partial charge in [0, 0.05) is 38.6 Å². The van der Waals surface area contributed by atoms with Crippen LogP contribution in [0.5, 0.6) is 0 Å². The van der Waals surface area contributed by atoms with Gasteiger partial charge in [0.05, 0.1) is 11.1 Å². The molecule has 0 saturated carbocycles. The van der Waals surface area contributed by atoms with E-state index in [1.54, 1.807) is 0 Å². The quantitative estimate of drug-likeness (QED) is 0.718. The van der Waals surface area contributed by atoms with Gasteiger partial charge in [-0.25, -0.2) is 8.78 Å². The highest BCUT2D eigenvalue weighted by molar-refractivity contribution is 5.85. The van der Waals surface area contributed by atoms with Crippen molar-refractivity contribution >= 4 is 12.4 Å². The molecular weight excluding hydrogens is 396 g/mol. The second-order valence-corrected chi connectivity index (χ2v) is 5.73. The zero-order valence-electron chi connectivity index (χ0n) is 13.3. The fraction of sp³-hybridized carbons (Fsp3) is 0.600. The highest BCUT2D eigenvalue weighted by atomic mass is 35.5. The molecule has 0 aromatic heterocycles. The summed E-state index contributed by atoms with van der Waals surface area (Å²) in [5, 5.41) is 2.95. The van der Waals surface area contributed by atoms with Gasteiger partial charge in [-0.05, 0) is 17.7 Å². The van der Waals surface area contributed by atoms with Crippen LogP contribution >= 0.6 is 12.4 Å². The summed E-state index contributed by atoms with van der Waals surface area (Å²) < 4.78 is 104. The minimum atomic E-state index is -5.08. The van der Waals surface area contributed by atoms with Crippen LogP contribution < -0.4 is 5.32 Å². The molecule has 2 rings (SSSR count). The molecule has 1 atom stereocenters. The fourth-order valence-corrected chi connectivity index (χ4v) is 2.90. The number of piperazine rings is 1. The Morgan fingerprint density at radius 3 is 2.00 bits per heavy atom. The van der Waals surface area contributed by atoms with Crippen LogP contribution in [0.2, 0.25) is 0 Å². The predicted molar refractivity (Wildman–Crippen MR) is 81.5 cm³/mol. The van der Waals surface area contributed by atoms with Gasteiger partial charge in [0.15, 0.2) is 0 Å². The van der Waals surface area contributed by atoms with E-state index in [0.29, 0.717) is 25.2 Å². The van der Waals surface area contributed by atoms with Crippen molar-refractivity contribution in [2.75, 3.05) is 26.2 Å². The zero-order valence-corrected chi connectivity index (χ0v) is 14.1. The molecule has 1 N–H and O–H groups in total. The largest absolute Gasteiger partial charge is 0.416 e. The summed E-state index contributed by atoms with van der Waals surface area (Å²) in [7, 11) is 0. The number of nitrogens with one attached hydrogen (secondary N) is 1. The van der Waals surface area contributed by atoms with Crippen LogP contribution in [0.4, 0.5) is 35.1 Å². The summed E-state index contributed by atoms with van der Waals surface area (Å²) in [4.78, 5) is 1.44. The Balaban J connectivity index is 0.00000338. The molecule has 0 radical (unpaired) electrons. The van der Waals surface area contributed by atoms with Crippen LogP contribution in [0.25, 0.3) is 0 Å². The third-order valence-electron chi connectivity index (χ3n) is 4.04. The molecule has 1 saturated heterocycles. The Labute approximate surface area is 150 Å². The van der Waals surface area contributed by atoms with Gasteiger partial charge in [0.1, 0.15) is 0 Å². The van der Waals surface area contributed by atoms with E-state index in [1.165, 1.54) is 4.90 Å². The molecule has 0 spiro atoms. The second-order valence-electron chi connectivity index (χ2n) is 5.73. The predicted octanol–water partition coefficient (Wildman–Crippen LogP) is 4.75. The minimum Gasteiger partial charge on any atom is -0.314 e. The molecule has 0 unspecified atom stereocenters. The Kier molecular flexibility index (Phi) is 7.67. The Morgan fingerprint density at radius 2 is 1.54 bits per heavy atom. The molecule has 1 aliphatic rings. The number of halogens is 9. The second kappa shape index (κ2) is 8.71. The lowest BCUT2D eigenvalue weighted by molar-refractivity contribution is -0.144. The first-order chi connectivity index (χ1) is 11.5. The zero-order chi connectivity index (χ0) is 18.8. The topological polar surface area (TPSA) is 15.3 Å². The Bertz CT molecular complexity index is 582. The number of hydrogen-bond donors (Lipinski definition) is 1. The van der Waals surface area contributed by atoms with Crippen molar-refractivity contribution in [1.29, 1.82) is 0 Å². The van der Waals surface area contributed by atoms with E-state index in [1.807, 2.05) is 0 Å². The summed E-state index contributed by atoms with van der Waals surface area (Å²) in [5.74, 6) is 0. The first-order valence-electron chi connectivity index (χ1n) is 7.51. The summed E-state index contributed by atoms with van der Waals surface area (Å²) in [6.45, 7) is 1.27.